The largest absolute Gasteiger partial charge is 0.393 e. The third kappa shape index (κ3) is 3.23. The number of hydrogen-bond donors (Lipinski definition) is 3. The maximum Gasteiger partial charge on any atom is 0.108 e. The van der Waals surface area contributed by atoms with E-state index in [4.69, 9.17) is 4.74 Å². The van der Waals surface area contributed by atoms with Crippen LogP contribution in [0.25, 0.3) is 0 Å². The van der Waals surface area contributed by atoms with Crippen LogP contribution in [0.15, 0.2) is 11.6 Å². The summed E-state index contributed by atoms with van der Waals surface area (Å²) in [6.45, 7) is 16.7. The lowest BCUT2D eigenvalue weighted by Gasteiger charge is -2.64. The van der Waals surface area contributed by atoms with Crippen LogP contribution in [0.5, 0.6) is 0 Å². The minimum atomic E-state index is -0.836. The van der Waals surface area contributed by atoms with Gasteiger partial charge in [-0.3, -0.25) is 0 Å². The Morgan fingerprint density at radius 2 is 1.59 bits per heavy atom. The Labute approximate surface area is 207 Å². The van der Waals surface area contributed by atoms with E-state index in [1.807, 2.05) is 13.8 Å². The Kier molecular flexibility index (Phi) is 5.78. The van der Waals surface area contributed by atoms with Crippen LogP contribution in [0.3, 0.4) is 0 Å². The molecule has 5 aliphatic rings. The lowest BCUT2D eigenvalue weighted by molar-refractivity contribution is -0.134. The van der Waals surface area contributed by atoms with Crippen molar-refractivity contribution >= 4 is 0 Å². The molecule has 0 bridgehead atoms. The van der Waals surface area contributed by atoms with Crippen molar-refractivity contribution in [1.29, 1.82) is 0 Å². The molecule has 0 radical (unpaired) electrons. The molecule has 0 aromatic heterocycles. The quantitative estimate of drug-likeness (QED) is 0.440. The van der Waals surface area contributed by atoms with E-state index in [9.17, 15) is 15.3 Å². The highest BCUT2D eigenvalue weighted by Crippen LogP contribution is 2.73. The van der Waals surface area contributed by atoms with E-state index in [0.717, 1.165) is 19.3 Å². The Morgan fingerprint density at radius 3 is 2.29 bits per heavy atom. The van der Waals surface area contributed by atoms with Crippen molar-refractivity contribution in [3.05, 3.63) is 11.6 Å². The van der Waals surface area contributed by atoms with Crippen molar-refractivity contribution in [3.8, 4) is 0 Å². The summed E-state index contributed by atoms with van der Waals surface area (Å²) in [5, 5.41) is 32.3. The molecule has 0 aromatic carbocycles. The van der Waals surface area contributed by atoms with Crippen LogP contribution in [0, 0.1) is 45.3 Å². The van der Waals surface area contributed by atoms with E-state index < -0.39 is 17.8 Å². The molecule has 0 amide bonds. The fraction of sp³-hybridized carbons (Fsp3) is 0.933. The summed E-state index contributed by atoms with van der Waals surface area (Å²) in [5.41, 5.74) is 1.62. The van der Waals surface area contributed by atoms with Crippen molar-refractivity contribution < 1.29 is 20.1 Å². The zero-order valence-electron chi connectivity index (χ0n) is 22.7. The summed E-state index contributed by atoms with van der Waals surface area (Å²) in [5.74, 6) is 1.94. The van der Waals surface area contributed by atoms with Crippen LogP contribution >= 0.6 is 0 Å². The predicted octanol–water partition coefficient (Wildman–Crippen LogP) is 5.49. The molecule has 1 aliphatic heterocycles. The second-order valence-corrected chi connectivity index (χ2v) is 14.7. The molecule has 1 saturated heterocycles. The van der Waals surface area contributed by atoms with Crippen molar-refractivity contribution in [2.24, 2.45) is 45.3 Å². The molecule has 4 nitrogen and oxygen atoms in total. The number of hydrogen-bond acceptors (Lipinski definition) is 4. The third-order valence-electron chi connectivity index (χ3n) is 12.7. The van der Waals surface area contributed by atoms with Crippen LogP contribution in [-0.2, 0) is 4.74 Å². The predicted molar refractivity (Wildman–Crippen MR) is 135 cm³/mol. The Balaban J connectivity index is 1.46. The summed E-state index contributed by atoms with van der Waals surface area (Å²) in [6, 6.07) is 0. The van der Waals surface area contributed by atoms with Crippen molar-refractivity contribution in [3.63, 3.8) is 0 Å². The molecule has 4 fully saturated rings. The molecular weight excluding hydrogens is 424 g/mol. The molecule has 4 heteroatoms. The smallest absolute Gasteiger partial charge is 0.108 e. The minimum absolute atomic E-state index is 0.0314. The first-order chi connectivity index (χ1) is 15.7. The van der Waals surface area contributed by atoms with Gasteiger partial charge in [-0.05, 0) is 111 Å². The fourth-order valence-corrected chi connectivity index (χ4v) is 10.2. The van der Waals surface area contributed by atoms with E-state index in [-0.39, 0.29) is 33.7 Å². The summed E-state index contributed by atoms with van der Waals surface area (Å²) in [7, 11) is 0. The van der Waals surface area contributed by atoms with Gasteiger partial charge in [-0.2, -0.15) is 0 Å². The second kappa shape index (κ2) is 7.79. The Morgan fingerprint density at radius 1 is 0.882 bits per heavy atom. The van der Waals surface area contributed by atoms with E-state index in [2.05, 4.69) is 40.7 Å². The number of rotatable bonds is 1. The Bertz CT molecular complexity index is 847. The van der Waals surface area contributed by atoms with Gasteiger partial charge in [0.25, 0.3) is 0 Å². The van der Waals surface area contributed by atoms with Crippen molar-refractivity contribution in [1.82, 2.24) is 0 Å². The van der Waals surface area contributed by atoms with Crippen LogP contribution in [0.2, 0.25) is 0 Å². The molecule has 194 valence electrons. The summed E-state index contributed by atoms with van der Waals surface area (Å²) in [6.07, 6.45) is 9.49. The number of aliphatic hydroxyl groups excluding tert-OH is 3. The molecule has 3 N–H and O–H groups in total. The number of fused-ring (bicyclic) bond motifs is 5. The van der Waals surface area contributed by atoms with Gasteiger partial charge in [-0.1, -0.05) is 46.3 Å². The van der Waals surface area contributed by atoms with Gasteiger partial charge in [0.2, 0.25) is 0 Å². The third-order valence-corrected chi connectivity index (χ3v) is 12.7. The standard InChI is InChI=1S/C30H50O4/c1-26(2)23-9-8-21-20(28(23,5)13-12-24(26)32)11-15-29(6)19(10-14-30(21,29)7)18-16-22(31)25(33)27(3,4)34-17-18/h8,18-20,22-25,31-33H,9-17H2,1-7H3/t18-,19+,20+,22-,23+,24+,25+,28-,29+,30-/m1/s1. The number of ether oxygens (including phenoxy) is 1. The summed E-state index contributed by atoms with van der Waals surface area (Å²) < 4.78 is 6.23. The lowest BCUT2D eigenvalue weighted by atomic mass is 9.41. The SMILES string of the molecule is CC1(C)OC[C@H]([C@@H]2CC[C@]3(C)C4=CC[C@H]5C(C)(C)[C@@H](O)CC[C@]5(C)[C@H]4CC[C@@]23C)C[C@@H](O)[C@@H]1O. The molecular formula is C30H50O4. The fourth-order valence-electron chi connectivity index (χ4n) is 10.2. The van der Waals surface area contributed by atoms with E-state index in [1.54, 1.807) is 5.57 Å². The zero-order chi connectivity index (χ0) is 24.9. The van der Waals surface area contributed by atoms with Crippen LogP contribution in [0.1, 0.15) is 99.8 Å². The van der Waals surface area contributed by atoms with E-state index in [1.165, 1.54) is 25.7 Å². The van der Waals surface area contributed by atoms with Gasteiger partial charge < -0.3 is 20.1 Å². The molecule has 34 heavy (non-hydrogen) atoms. The van der Waals surface area contributed by atoms with E-state index >= 15 is 0 Å². The molecule has 0 aromatic rings. The average Bonchev–Trinajstić information content (AvgIpc) is 2.99. The van der Waals surface area contributed by atoms with Crippen molar-refractivity contribution in [2.45, 2.75) is 124 Å². The molecule has 4 aliphatic carbocycles. The van der Waals surface area contributed by atoms with Gasteiger partial charge in [0.1, 0.15) is 6.10 Å². The maximum atomic E-state index is 10.8. The first-order valence-corrected chi connectivity index (χ1v) is 14.1. The first-order valence-electron chi connectivity index (χ1n) is 14.1. The maximum absolute atomic E-state index is 10.8. The average molecular weight is 475 g/mol. The first kappa shape index (κ1) is 25.2. The van der Waals surface area contributed by atoms with Gasteiger partial charge in [-0.15, -0.1) is 0 Å². The lowest BCUT2D eigenvalue weighted by Crippen LogP contribution is -2.58. The van der Waals surface area contributed by atoms with Gasteiger partial charge in [0.05, 0.1) is 24.4 Å². The highest BCUT2D eigenvalue weighted by Gasteiger charge is 2.65. The van der Waals surface area contributed by atoms with Crippen molar-refractivity contribution in [2.75, 3.05) is 6.61 Å². The van der Waals surface area contributed by atoms with Crippen LogP contribution < -0.4 is 0 Å². The molecule has 0 unspecified atom stereocenters. The number of aliphatic hydroxyl groups is 3. The second-order valence-electron chi connectivity index (χ2n) is 14.7. The van der Waals surface area contributed by atoms with Gasteiger partial charge in [-0.25, -0.2) is 0 Å². The molecule has 0 spiro atoms. The number of allylic oxidation sites excluding steroid dienone is 2. The Hall–Kier alpha value is -0.420. The topological polar surface area (TPSA) is 69.9 Å². The summed E-state index contributed by atoms with van der Waals surface area (Å²) >= 11 is 0. The molecule has 1 heterocycles. The monoisotopic (exact) mass is 474 g/mol. The van der Waals surface area contributed by atoms with Gasteiger partial charge in [0.15, 0.2) is 0 Å². The van der Waals surface area contributed by atoms with Gasteiger partial charge in [0, 0.05) is 0 Å². The minimum Gasteiger partial charge on any atom is -0.393 e. The van der Waals surface area contributed by atoms with E-state index in [0.29, 0.717) is 30.8 Å². The normalized spacial score (nSPS) is 54.3. The summed E-state index contributed by atoms with van der Waals surface area (Å²) in [4.78, 5) is 0. The highest BCUT2D eigenvalue weighted by molar-refractivity contribution is 5.33. The van der Waals surface area contributed by atoms with Crippen LogP contribution in [0.4, 0.5) is 0 Å². The highest BCUT2D eigenvalue weighted by atomic mass is 16.5. The van der Waals surface area contributed by atoms with Gasteiger partial charge >= 0.3 is 0 Å². The molecule has 10 atom stereocenters. The molecule has 3 saturated carbocycles. The molecule has 5 rings (SSSR count). The zero-order valence-corrected chi connectivity index (χ0v) is 22.7. The van der Waals surface area contributed by atoms with Crippen LogP contribution in [-0.4, -0.2) is 45.8 Å².